The van der Waals surface area contributed by atoms with Crippen molar-refractivity contribution < 1.29 is 14.3 Å². The number of halogens is 1. The van der Waals surface area contributed by atoms with Crippen molar-refractivity contribution in [3.05, 3.63) is 22.1 Å². The Morgan fingerprint density at radius 1 is 1.44 bits per heavy atom. The lowest BCUT2D eigenvalue weighted by atomic mass is 9.71. The fourth-order valence-electron chi connectivity index (χ4n) is 2.61. The second-order valence-electron chi connectivity index (χ2n) is 4.51. The molecule has 0 bridgehead atoms. The molecule has 0 radical (unpaired) electrons. The van der Waals surface area contributed by atoms with Crippen molar-refractivity contribution in [2.24, 2.45) is 0 Å². The second-order valence-corrected chi connectivity index (χ2v) is 5.29. The van der Waals surface area contributed by atoms with Gasteiger partial charge in [-0.3, -0.25) is 4.79 Å². The Balaban J connectivity index is 2.46. The van der Waals surface area contributed by atoms with Crippen molar-refractivity contribution >= 4 is 21.9 Å². The third-order valence-corrected chi connectivity index (χ3v) is 3.83. The molecule has 1 fully saturated rings. The zero-order valence-electron chi connectivity index (χ0n) is 9.25. The van der Waals surface area contributed by atoms with E-state index in [0.717, 1.165) is 24.8 Å². The van der Waals surface area contributed by atoms with Crippen LogP contribution in [-0.4, -0.2) is 11.1 Å². The summed E-state index contributed by atoms with van der Waals surface area (Å²) in [6.07, 6.45) is 4.41. The molecule has 1 aliphatic carbocycles. The first-order valence-electron chi connectivity index (χ1n) is 5.56. The van der Waals surface area contributed by atoms with Gasteiger partial charge in [-0.25, -0.2) is 0 Å². The second kappa shape index (κ2) is 4.24. The predicted octanol–water partition coefficient (Wildman–Crippen LogP) is 3.64. The highest BCUT2D eigenvalue weighted by atomic mass is 79.9. The Labute approximate surface area is 103 Å². The van der Waals surface area contributed by atoms with Crippen molar-refractivity contribution in [2.45, 2.75) is 44.4 Å². The zero-order valence-corrected chi connectivity index (χ0v) is 10.8. The van der Waals surface area contributed by atoms with Crippen molar-refractivity contribution in [2.75, 3.05) is 0 Å². The fraction of sp³-hybridized carbons (Fsp3) is 0.583. The van der Waals surface area contributed by atoms with Crippen LogP contribution in [0.4, 0.5) is 0 Å². The van der Waals surface area contributed by atoms with Crippen LogP contribution in [0, 0.1) is 6.92 Å². The SMILES string of the molecule is Cc1cc(Br)oc1C1(C(=O)O)CCCCC1. The number of carboxylic acid groups (broad SMARTS) is 1. The van der Waals surface area contributed by atoms with Gasteiger partial charge in [-0.05, 0) is 47.3 Å². The number of hydrogen-bond donors (Lipinski definition) is 1. The van der Waals surface area contributed by atoms with Gasteiger partial charge in [0, 0.05) is 0 Å². The minimum atomic E-state index is -0.797. The first-order chi connectivity index (χ1) is 7.56. The van der Waals surface area contributed by atoms with E-state index in [1.807, 2.05) is 13.0 Å². The molecule has 1 aromatic heterocycles. The number of aryl methyl sites for hydroxylation is 1. The number of hydrogen-bond acceptors (Lipinski definition) is 2. The van der Waals surface area contributed by atoms with Gasteiger partial charge in [-0.1, -0.05) is 19.3 Å². The first-order valence-corrected chi connectivity index (χ1v) is 6.35. The molecule has 2 rings (SSSR count). The molecule has 1 aromatic rings. The van der Waals surface area contributed by atoms with Crippen molar-refractivity contribution in [3.63, 3.8) is 0 Å². The Morgan fingerprint density at radius 2 is 2.06 bits per heavy atom. The summed E-state index contributed by atoms with van der Waals surface area (Å²) in [4.78, 5) is 11.6. The smallest absolute Gasteiger partial charge is 0.317 e. The van der Waals surface area contributed by atoms with Gasteiger partial charge >= 0.3 is 5.97 Å². The molecule has 3 nitrogen and oxygen atoms in total. The molecule has 1 aliphatic rings. The lowest BCUT2D eigenvalue weighted by molar-refractivity contribution is -0.146. The van der Waals surface area contributed by atoms with Crippen LogP contribution in [-0.2, 0) is 10.2 Å². The molecular formula is C12H15BrO3. The Hall–Kier alpha value is -0.770. The van der Waals surface area contributed by atoms with Gasteiger partial charge < -0.3 is 9.52 Å². The molecule has 88 valence electrons. The Kier molecular flexibility index (Phi) is 3.10. The molecule has 0 spiro atoms. The monoisotopic (exact) mass is 286 g/mol. The van der Waals surface area contributed by atoms with Gasteiger partial charge in [-0.2, -0.15) is 0 Å². The van der Waals surface area contributed by atoms with E-state index in [9.17, 15) is 9.90 Å². The molecule has 4 heteroatoms. The van der Waals surface area contributed by atoms with E-state index in [2.05, 4.69) is 15.9 Å². The quantitative estimate of drug-likeness (QED) is 0.903. The largest absolute Gasteiger partial charge is 0.480 e. The van der Waals surface area contributed by atoms with Gasteiger partial charge in [0.1, 0.15) is 11.2 Å². The van der Waals surface area contributed by atoms with Crippen LogP contribution in [0.1, 0.15) is 43.4 Å². The summed E-state index contributed by atoms with van der Waals surface area (Å²) in [6.45, 7) is 1.91. The third-order valence-electron chi connectivity index (χ3n) is 3.44. The van der Waals surface area contributed by atoms with Crippen molar-refractivity contribution in [1.82, 2.24) is 0 Å². The molecule has 1 heterocycles. The third kappa shape index (κ3) is 1.79. The highest BCUT2D eigenvalue weighted by Gasteiger charge is 2.45. The van der Waals surface area contributed by atoms with Crippen molar-refractivity contribution in [1.29, 1.82) is 0 Å². The normalized spacial score (nSPS) is 19.6. The van der Waals surface area contributed by atoms with E-state index < -0.39 is 11.4 Å². The maximum absolute atomic E-state index is 11.6. The fourth-order valence-corrected chi connectivity index (χ4v) is 3.12. The van der Waals surface area contributed by atoms with Crippen LogP contribution in [0.2, 0.25) is 0 Å². The Bertz CT molecular complexity index is 402. The number of carbonyl (C=O) groups is 1. The van der Waals surface area contributed by atoms with Gasteiger partial charge in [0.05, 0.1) is 0 Å². The number of aliphatic carboxylic acids is 1. The maximum atomic E-state index is 11.6. The lowest BCUT2D eigenvalue weighted by Crippen LogP contribution is -2.38. The van der Waals surface area contributed by atoms with E-state index in [-0.39, 0.29) is 0 Å². The molecule has 0 unspecified atom stereocenters. The van der Waals surface area contributed by atoms with Gasteiger partial charge in [-0.15, -0.1) is 0 Å². The van der Waals surface area contributed by atoms with Crippen molar-refractivity contribution in [3.8, 4) is 0 Å². The molecule has 1 saturated carbocycles. The van der Waals surface area contributed by atoms with Crippen LogP contribution in [0.3, 0.4) is 0 Å². The van der Waals surface area contributed by atoms with Crippen LogP contribution in [0.25, 0.3) is 0 Å². The average molecular weight is 287 g/mol. The summed E-state index contributed by atoms with van der Waals surface area (Å²) >= 11 is 3.26. The standard InChI is InChI=1S/C12H15BrO3/c1-8-7-9(13)16-10(8)12(11(14)15)5-3-2-4-6-12/h7H,2-6H2,1H3,(H,14,15). The van der Waals surface area contributed by atoms with E-state index in [1.165, 1.54) is 0 Å². The minimum Gasteiger partial charge on any atom is -0.480 e. The van der Waals surface area contributed by atoms with Crippen LogP contribution in [0.15, 0.2) is 15.2 Å². The number of furan rings is 1. The zero-order chi connectivity index (χ0) is 11.8. The molecule has 0 aliphatic heterocycles. The van der Waals surface area contributed by atoms with Crippen LogP contribution < -0.4 is 0 Å². The Morgan fingerprint density at radius 3 is 2.50 bits per heavy atom. The molecule has 0 saturated heterocycles. The van der Waals surface area contributed by atoms with E-state index in [1.54, 1.807) is 0 Å². The number of carboxylic acids is 1. The van der Waals surface area contributed by atoms with E-state index in [0.29, 0.717) is 23.3 Å². The lowest BCUT2D eigenvalue weighted by Gasteiger charge is -2.31. The summed E-state index contributed by atoms with van der Waals surface area (Å²) in [5, 5.41) is 9.50. The molecule has 1 N–H and O–H groups in total. The first kappa shape index (κ1) is 11.7. The summed E-state index contributed by atoms with van der Waals surface area (Å²) in [7, 11) is 0. The summed E-state index contributed by atoms with van der Waals surface area (Å²) in [5.74, 6) is -0.122. The number of rotatable bonds is 2. The molecule has 16 heavy (non-hydrogen) atoms. The average Bonchev–Trinajstić information content (AvgIpc) is 2.59. The topological polar surface area (TPSA) is 50.4 Å². The highest BCUT2D eigenvalue weighted by molar-refractivity contribution is 9.10. The summed E-state index contributed by atoms with van der Waals surface area (Å²) < 4.78 is 6.17. The molecule has 0 atom stereocenters. The summed E-state index contributed by atoms with van der Waals surface area (Å²) in [6, 6.07) is 1.84. The predicted molar refractivity (Wildman–Crippen MR) is 63.5 cm³/mol. The van der Waals surface area contributed by atoms with Crippen LogP contribution >= 0.6 is 15.9 Å². The van der Waals surface area contributed by atoms with Gasteiger partial charge in [0.25, 0.3) is 0 Å². The van der Waals surface area contributed by atoms with Gasteiger partial charge in [0.2, 0.25) is 0 Å². The minimum absolute atomic E-state index is 0.617. The van der Waals surface area contributed by atoms with Gasteiger partial charge in [0.15, 0.2) is 4.67 Å². The molecule has 0 amide bonds. The molecule has 0 aromatic carbocycles. The maximum Gasteiger partial charge on any atom is 0.317 e. The summed E-state index contributed by atoms with van der Waals surface area (Å²) in [5.41, 5.74) is 0.130. The van der Waals surface area contributed by atoms with Crippen LogP contribution in [0.5, 0.6) is 0 Å². The van der Waals surface area contributed by atoms with E-state index in [4.69, 9.17) is 4.42 Å². The van der Waals surface area contributed by atoms with E-state index >= 15 is 0 Å². The molecular weight excluding hydrogens is 272 g/mol. The highest BCUT2D eigenvalue weighted by Crippen LogP contribution is 2.42.